The van der Waals surface area contributed by atoms with E-state index in [4.69, 9.17) is 9.78 Å². The van der Waals surface area contributed by atoms with Crippen LogP contribution in [0.25, 0.3) is 0 Å². The Bertz CT molecular complexity index is 106. The molecule has 0 saturated carbocycles. The summed E-state index contributed by atoms with van der Waals surface area (Å²) < 4.78 is 0. The number of hydrogen-bond acceptors (Lipinski definition) is 4. The van der Waals surface area contributed by atoms with Gasteiger partial charge in [0, 0.05) is 0 Å². The van der Waals surface area contributed by atoms with Gasteiger partial charge in [-0.25, -0.2) is 19.6 Å². The lowest BCUT2D eigenvalue weighted by atomic mass is 10.1. The maximum absolute atomic E-state index is 4.79. The van der Waals surface area contributed by atoms with Gasteiger partial charge in [0.1, 0.15) is 0 Å². The molecule has 0 fully saturated rings. The minimum absolute atomic E-state index is 0.713. The van der Waals surface area contributed by atoms with Gasteiger partial charge in [0.15, 0.2) is 0 Å². The summed E-state index contributed by atoms with van der Waals surface area (Å²) in [6.07, 6.45) is 9.87. The molecule has 0 saturated heterocycles. The third-order valence-electron chi connectivity index (χ3n) is 2.44. The highest BCUT2D eigenvalue weighted by Crippen LogP contribution is 2.08. The minimum Gasteiger partial charge on any atom is -0.240 e. The predicted octanol–water partition coefficient (Wildman–Crippen LogP) is 3.26. The molecule has 0 bridgehead atoms. The van der Waals surface area contributed by atoms with Gasteiger partial charge in [0.25, 0.3) is 0 Å². The lowest BCUT2D eigenvalue weighted by Crippen LogP contribution is -1.93. The summed E-state index contributed by atoms with van der Waals surface area (Å²) in [7, 11) is 3.10. The Hall–Kier alpha value is -0.160. The molecule has 0 aliphatic heterocycles. The molecule has 0 aromatic carbocycles. The van der Waals surface area contributed by atoms with Crippen molar-refractivity contribution < 1.29 is 19.6 Å². The van der Waals surface area contributed by atoms with Crippen LogP contribution < -0.4 is 0 Å². The third-order valence-corrected chi connectivity index (χ3v) is 2.44. The van der Waals surface area contributed by atoms with Crippen molar-refractivity contribution in [2.45, 2.75) is 51.4 Å². The summed E-state index contributed by atoms with van der Waals surface area (Å²) in [5.41, 5.74) is 0. The SMILES string of the molecule is COOCCCCCCCCCCOOC. The summed E-state index contributed by atoms with van der Waals surface area (Å²) in [6, 6.07) is 0. The first-order valence-electron chi connectivity index (χ1n) is 6.23. The van der Waals surface area contributed by atoms with Crippen LogP contribution in [0.4, 0.5) is 0 Å². The van der Waals surface area contributed by atoms with Crippen LogP contribution >= 0.6 is 0 Å². The Balaban J connectivity index is 2.83. The summed E-state index contributed by atoms with van der Waals surface area (Å²) >= 11 is 0. The highest BCUT2D eigenvalue weighted by atomic mass is 17.2. The van der Waals surface area contributed by atoms with Crippen molar-refractivity contribution in [3.8, 4) is 0 Å². The number of hydrogen-bond donors (Lipinski definition) is 0. The Morgan fingerprint density at radius 2 is 0.812 bits per heavy atom. The molecule has 0 aliphatic carbocycles. The van der Waals surface area contributed by atoms with Gasteiger partial charge in [-0.3, -0.25) is 0 Å². The fraction of sp³-hybridized carbons (Fsp3) is 1.00. The van der Waals surface area contributed by atoms with E-state index >= 15 is 0 Å². The van der Waals surface area contributed by atoms with E-state index in [0.29, 0.717) is 13.2 Å². The van der Waals surface area contributed by atoms with Gasteiger partial charge < -0.3 is 0 Å². The maximum Gasteiger partial charge on any atom is 0.0822 e. The molecule has 0 unspecified atom stereocenters. The van der Waals surface area contributed by atoms with Gasteiger partial charge in [0.05, 0.1) is 27.4 Å². The summed E-state index contributed by atoms with van der Waals surface area (Å²) in [4.78, 5) is 18.6. The van der Waals surface area contributed by atoms with Crippen LogP contribution in [-0.2, 0) is 19.6 Å². The molecule has 0 spiro atoms. The highest BCUT2D eigenvalue weighted by Gasteiger charge is 1.93. The lowest BCUT2D eigenvalue weighted by Gasteiger charge is -2.02. The molecule has 0 aromatic rings. The summed E-state index contributed by atoms with van der Waals surface area (Å²) in [5, 5.41) is 0. The van der Waals surface area contributed by atoms with Crippen LogP contribution in [0.15, 0.2) is 0 Å². The van der Waals surface area contributed by atoms with E-state index in [1.54, 1.807) is 14.2 Å². The van der Waals surface area contributed by atoms with Gasteiger partial charge >= 0.3 is 0 Å². The zero-order valence-electron chi connectivity index (χ0n) is 10.7. The van der Waals surface area contributed by atoms with Gasteiger partial charge in [0.2, 0.25) is 0 Å². The molecule has 0 radical (unpaired) electrons. The first-order chi connectivity index (χ1) is 7.91. The van der Waals surface area contributed by atoms with Crippen molar-refractivity contribution in [1.82, 2.24) is 0 Å². The van der Waals surface area contributed by atoms with E-state index in [-0.39, 0.29) is 0 Å². The molecule has 16 heavy (non-hydrogen) atoms. The fourth-order valence-electron chi connectivity index (χ4n) is 1.55. The van der Waals surface area contributed by atoms with Crippen molar-refractivity contribution in [3.63, 3.8) is 0 Å². The van der Waals surface area contributed by atoms with Crippen molar-refractivity contribution in [2.24, 2.45) is 0 Å². The van der Waals surface area contributed by atoms with E-state index < -0.39 is 0 Å². The number of unbranched alkanes of at least 4 members (excludes halogenated alkanes) is 7. The number of rotatable bonds is 13. The van der Waals surface area contributed by atoms with Gasteiger partial charge in [-0.1, -0.05) is 38.5 Å². The molecule has 0 rings (SSSR count). The second-order valence-corrected chi connectivity index (χ2v) is 3.81. The Labute approximate surface area is 99.1 Å². The van der Waals surface area contributed by atoms with E-state index in [1.165, 1.54) is 38.5 Å². The third kappa shape index (κ3) is 13.8. The van der Waals surface area contributed by atoms with Crippen LogP contribution in [0.3, 0.4) is 0 Å². The predicted molar refractivity (Wildman–Crippen MR) is 62.9 cm³/mol. The van der Waals surface area contributed by atoms with Crippen molar-refractivity contribution in [1.29, 1.82) is 0 Å². The zero-order valence-corrected chi connectivity index (χ0v) is 10.7. The molecular formula is C12H26O4. The Morgan fingerprint density at radius 1 is 0.500 bits per heavy atom. The maximum atomic E-state index is 4.79. The van der Waals surface area contributed by atoms with E-state index in [2.05, 4.69) is 9.78 Å². The second kappa shape index (κ2) is 14.8. The van der Waals surface area contributed by atoms with Crippen molar-refractivity contribution >= 4 is 0 Å². The first kappa shape index (κ1) is 15.8. The molecule has 4 heteroatoms. The molecule has 0 atom stereocenters. The average Bonchev–Trinajstić information content (AvgIpc) is 2.31. The summed E-state index contributed by atoms with van der Waals surface area (Å²) in [6.45, 7) is 1.43. The van der Waals surface area contributed by atoms with Crippen molar-refractivity contribution in [2.75, 3.05) is 27.4 Å². The molecule has 0 N–H and O–H groups in total. The molecule has 0 heterocycles. The normalized spacial score (nSPS) is 10.9. The molecule has 0 aromatic heterocycles. The van der Waals surface area contributed by atoms with Crippen LogP contribution in [0, 0.1) is 0 Å². The fourth-order valence-corrected chi connectivity index (χ4v) is 1.55. The van der Waals surface area contributed by atoms with E-state index in [9.17, 15) is 0 Å². The average molecular weight is 234 g/mol. The van der Waals surface area contributed by atoms with E-state index in [0.717, 1.165) is 12.8 Å². The molecule has 4 nitrogen and oxygen atoms in total. The Kier molecular flexibility index (Phi) is 14.7. The highest BCUT2D eigenvalue weighted by molar-refractivity contribution is 4.46. The quantitative estimate of drug-likeness (QED) is 0.278. The van der Waals surface area contributed by atoms with E-state index in [1.807, 2.05) is 0 Å². The van der Waals surface area contributed by atoms with Gasteiger partial charge in [-0.2, -0.15) is 0 Å². The van der Waals surface area contributed by atoms with Gasteiger partial charge in [-0.15, -0.1) is 0 Å². The minimum atomic E-state index is 0.713. The molecule has 98 valence electrons. The topological polar surface area (TPSA) is 36.9 Å². The van der Waals surface area contributed by atoms with Crippen LogP contribution in [0.1, 0.15) is 51.4 Å². The molecule has 0 amide bonds. The summed E-state index contributed by atoms with van der Waals surface area (Å²) in [5.74, 6) is 0. The smallest absolute Gasteiger partial charge is 0.0822 e. The van der Waals surface area contributed by atoms with Crippen LogP contribution in [-0.4, -0.2) is 27.4 Å². The van der Waals surface area contributed by atoms with Gasteiger partial charge in [-0.05, 0) is 12.8 Å². The molecular weight excluding hydrogens is 208 g/mol. The monoisotopic (exact) mass is 234 g/mol. The largest absolute Gasteiger partial charge is 0.240 e. The van der Waals surface area contributed by atoms with Crippen LogP contribution in [0.5, 0.6) is 0 Å². The Morgan fingerprint density at radius 3 is 1.12 bits per heavy atom. The first-order valence-corrected chi connectivity index (χ1v) is 6.23. The second-order valence-electron chi connectivity index (χ2n) is 3.81. The molecule has 0 aliphatic rings. The lowest BCUT2D eigenvalue weighted by molar-refractivity contribution is -0.272. The van der Waals surface area contributed by atoms with Crippen LogP contribution in [0.2, 0.25) is 0 Å². The van der Waals surface area contributed by atoms with Crippen molar-refractivity contribution in [3.05, 3.63) is 0 Å². The zero-order chi connectivity index (χ0) is 11.9. The standard InChI is InChI=1S/C12H26O4/c1-13-15-11-9-7-5-3-4-6-8-10-12-16-14-2/h3-12H2,1-2H3.